The first kappa shape index (κ1) is 20.7. The molecule has 1 aliphatic heterocycles. The van der Waals surface area contributed by atoms with E-state index in [0.29, 0.717) is 6.54 Å². The van der Waals surface area contributed by atoms with E-state index in [4.69, 9.17) is 4.98 Å². The molecule has 0 fully saturated rings. The smallest absolute Gasteiger partial charge is 0.255 e. The Labute approximate surface area is 188 Å². The van der Waals surface area contributed by atoms with Crippen LogP contribution in [0, 0.1) is 0 Å². The average Bonchev–Trinajstić information content (AvgIpc) is 3.11. The van der Waals surface area contributed by atoms with Crippen molar-refractivity contribution in [3.8, 4) is 0 Å². The van der Waals surface area contributed by atoms with Crippen LogP contribution in [0.2, 0.25) is 0 Å². The van der Waals surface area contributed by atoms with Crippen LogP contribution in [0.15, 0.2) is 65.6 Å². The third-order valence-electron chi connectivity index (χ3n) is 6.32. The average molecular weight is 427 g/mol. The molecule has 32 heavy (non-hydrogen) atoms. The van der Waals surface area contributed by atoms with Crippen LogP contribution < -0.4 is 5.56 Å². The maximum atomic E-state index is 12.8. The van der Waals surface area contributed by atoms with Gasteiger partial charge in [0.1, 0.15) is 5.82 Å². The molecule has 0 radical (unpaired) electrons. The standard InChI is InChI=1S/C27H30N4O/c1-27(2,3)26-28-23-13-14-30(18-22(23)25(32)29-26)16-20-17-31(15-19-9-5-4-6-10-19)24-12-8-7-11-21(20)24/h4-12,17H,13-16,18H2,1-3H3,(H,28,29,32). The summed E-state index contributed by atoms with van der Waals surface area (Å²) in [5.41, 5.74) is 5.47. The molecule has 0 atom stereocenters. The van der Waals surface area contributed by atoms with Crippen molar-refractivity contribution < 1.29 is 0 Å². The van der Waals surface area contributed by atoms with Gasteiger partial charge in [0, 0.05) is 55.1 Å². The second-order valence-corrected chi connectivity index (χ2v) is 9.84. The Morgan fingerprint density at radius 3 is 2.53 bits per heavy atom. The van der Waals surface area contributed by atoms with Crippen LogP contribution in [0.3, 0.4) is 0 Å². The molecule has 4 aromatic rings. The van der Waals surface area contributed by atoms with Gasteiger partial charge in [0.15, 0.2) is 0 Å². The van der Waals surface area contributed by atoms with E-state index in [1.807, 2.05) is 0 Å². The fraction of sp³-hybridized carbons (Fsp3) is 0.333. The number of H-pyrrole nitrogens is 1. The van der Waals surface area contributed by atoms with Crippen LogP contribution in [0.5, 0.6) is 0 Å². The number of para-hydroxylation sites is 1. The third-order valence-corrected chi connectivity index (χ3v) is 6.32. The van der Waals surface area contributed by atoms with Crippen molar-refractivity contribution in [1.82, 2.24) is 19.4 Å². The fourth-order valence-corrected chi connectivity index (χ4v) is 4.57. The number of fused-ring (bicyclic) bond motifs is 2. The zero-order chi connectivity index (χ0) is 22.3. The highest BCUT2D eigenvalue weighted by molar-refractivity contribution is 5.84. The number of benzene rings is 2. The third kappa shape index (κ3) is 4.00. The van der Waals surface area contributed by atoms with Gasteiger partial charge < -0.3 is 9.55 Å². The maximum absolute atomic E-state index is 12.8. The molecular formula is C27H30N4O. The number of rotatable bonds is 4. The lowest BCUT2D eigenvalue weighted by molar-refractivity contribution is 0.241. The number of aromatic amines is 1. The molecule has 0 saturated carbocycles. The first-order chi connectivity index (χ1) is 15.4. The van der Waals surface area contributed by atoms with Gasteiger partial charge in [-0.2, -0.15) is 0 Å². The second kappa shape index (κ2) is 8.06. The lowest BCUT2D eigenvalue weighted by Crippen LogP contribution is -2.37. The minimum atomic E-state index is -0.161. The van der Waals surface area contributed by atoms with E-state index in [9.17, 15) is 4.79 Å². The van der Waals surface area contributed by atoms with Crippen molar-refractivity contribution in [3.05, 3.63) is 99.4 Å². The summed E-state index contributed by atoms with van der Waals surface area (Å²) in [5.74, 6) is 0.777. The summed E-state index contributed by atoms with van der Waals surface area (Å²) < 4.78 is 2.34. The highest BCUT2D eigenvalue weighted by atomic mass is 16.1. The zero-order valence-corrected chi connectivity index (χ0v) is 19.1. The fourth-order valence-electron chi connectivity index (χ4n) is 4.57. The van der Waals surface area contributed by atoms with Gasteiger partial charge in [-0.3, -0.25) is 9.69 Å². The summed E-state index contributed by atoms with van der Waals surface area (Å²) in [6.45, 7) is 9.46. The summed E-state index contributed by atoms with van der Waals surface area (Å²) >= 11 is 0. The minimum absolute atomic E-state index is 0.0103. The van der Waals surface area contributed by atoms with Gasteiger partial charge in [-0.15, -0.1) is 0 Å². The molecule has 1 N–H and O–H groups in total. The largest absolute Gasteiger partial charge is 0.343 e. The molecule has 1 aliphatic rings. The molecular weight excluding hydrogens is 396 g/mol. The Morgan fingerprint density at radius 1 is 1.00 bits per heavy atom. The topological polar surface area (TPSA) is 53.9 Å². The van der Waals surface area contributed by atoms with Crippen molar-refractivity contribution >= 4 is 10.9 Å². The van der Waals surface area contributed by atoms with Gasteiger partial charge in [0.2, 0.25) is 0 Å². The van der Waals surface area contributed by atoms with Gasteiger partial charge in [0.05, 0.1) is 11.3 Å². The normalized spacial score (nSPS) is 14.6. The summed E-state index contributed by atoms with van der Waals surface area (Å²) in [4.78, 5) is 23.0. The van der Waals surface area contributed by atoms with Crippen LogP contribution in [0.4, 0.5) is 0 Å². The lowest BCUT2D eigenvalue weighted by Gasteiger charge is -2.28. The van der Waals surface area contributed by atoms with Gasteiger partial charge in [0.25, 0.3) is 5.56 Å². The number of nitrogens with one attached hydrogen (secondary N) is 1. The van der Waals surface area contributed by atoms with Gasteiger partial charge in [-0.1, -0.05) is 69.3 Å². The molecule has 2 aromatic carbocycles. The molecule has 0 spiro atoms. The van der Waals surface area contributed by atoms with E-state index >= 15 is 0 Å². The SMILES string of the molecule is CC(C)(C)c1nc2c(c(=O)[nH]1)CN(Cc1cn(Cc3ccccc3)c3ccccc13)CC2. The molecule has 0 bridgehead atoms. The summed E-state index contributed by atoms with van der Waals surface area (Å²) in [6, 6.07) is 19.2. The van der Waals surface area contributed by atoms with E-state index in [-0.39, 0.29) is 11.0 Å². The van der Waals surface area contributed by atoms with Crippen molar-refractivity contribution in [2.24, 2.45) is 0 Å². The number of hydrogen-bond donors (Lipinski definition) is 1. The summed E-state index contributed by atoms with van der Waals surface area (Å²) in [5, 5.41) is 1.28. The van der Waals surface area contributed by atoms with E-state index in [2.05, 4.69) is 96.0 Å². The number of aromatic nitrogens is 3. The van der Waals surface area contributed by atoms with E-state index in [1.54, 1.807) is 0 Å². The molecule has 0 saturated heterocycles. The quantitative estimate of drug-likeness (QED) is 0.518. The van der Waals surface area contributed by atoms with E-state index in [1.165, 1.54) is 22.0 Å². The van der Waals surface area contributed by atoms with Crippen LogP contribution in [0.1, 0.15) is 49.0 Å². The molecule has 3 heterocycles. The number of nitrogens with zero attached hydrogens (tertiary/aromatic N) is 3. The summed E-state index contributed by atoms with van der Waals surface area (Å²) in [7, 11) is 0. The van der Waals surface area contributed by atoms with Crippen LogP contribution >= 0.6 is 0 Å². The monoisotopic (exact) mass is 426 g/mol. The van der Waals surface area contributed by atoms with Gasteiger partial charge >= 0.3 is 0 Å². The molecule has 0 amide bonds. The molecule has 164 valence electrons. The molecule has 0 unspecified atom stereocenters. The van der Waals surface area contributed by atoms with Crippen molar-refractivity contribution in [2.45, 2.75) is 52.2 Å². The second-order valence-electron chi connectivity index (χ2n) is 9.84. The van der Waals surface area contributed by atoms with Gasteiger partial charge in [-0.25, -0.2) is 4.98 Å². The molecule has 5 heteroatoms. The first-order valence-corrected chi connectivity index (χ1v) is 11.3. The lowest BCUT2D eigenvalue weighted by atomic mass is 9.95. The van der Waals surface area contributed by atoms with Crippen LogP contribution in [-0.4, -0.2) is 26.0 Å². The zero-order valence-electron chi connectivity index (χ0n) is 19.1. The van der Waals surface area contributed by atoms with E-state index < -0.39 is 0 Å². The highest BCUT2D eigenvalue weighted by Crippen LogP contribution is 2.26. The van der Waals surface area contributed by atoms with Crippen LogP contribution in [0.25, 0.3) is 10.9 Å². The Kier molecular flexibility index (Phi) is 5.22. The molecule has 2 aromatic heterocycles. The first-order valence-electron chi connectivity index (χ1n) is 11.3. The molecule has 5 nitrogen and oxygen atoms in total. The maximum Gasteiger partial charge on any atom is 0.255 e. The van der Waals surface area contributed by atoms with Crippen molar-refractivity contribution in [1.29, 1.82) is 0 Å². The Morgan fingerprint density at radius 2 is 1.75 bits per heavy atom. The van der Waals surface area contributed by atoms with Crippen molar-refractivity contribution in [2.75, 3.05) is 6.54 Å². The number of hydrogen-bond acceptors (Lipinski definition) is 3. The van der Waals surface area contributed by atoms with Crippen molar-refractivity contribution in [3.63, 3.8) is 0 Å². The summed E-state index contributed by atoms with van der Waals surface area (Å²) in [6.07, 6.45) is 3.09. The Hall–Kier alpha value is -3.18. The Balaban J connectivity index is 1.42. The predicted octanol–water partition coefficient (Wildman–Crippen LogP) is 4.63. The highest BCUT2D eigenvalue weighted by Gasteiger charge is 2.25. The predicted molar refractivity (Wildman–Crippen MR) is 129 cm³/mol. The molecule has 0 aliphatic carbocycles. The molecule has 5 rings (SSSR count). The van der Waals surface area contributed by atoms with Crippen LogP contribution in [-0.2, 0) is 31.5 Å². The van der Waals surface area contributed by atoms with E-state index in [0.717, 1.165) is 43.1 Å². The Bertz CT molecular complexity index is 1310. The van der Waals surface area contributed by atoms with Gasteiger partial charge in [-0.05, 0) is 17.2 Å². The minimum Gasteiger partial charge on any atom is -0.343 e.